The fourth-order valence-electron chi connectivity index (χ4n) is 2.19. The molecule has 1 saturated heterocycles. The number of rotatable bonds is 1. The van der Waals surface area contributed by atoms with Crippen molar-refractivity contribution in [1.82, 2.24) is 0 Å². The predicted molar refractivity (Wildman–Crippen MR) is 47.8 cm³/mol. The molecule has 3 nitrogen and oxygen atoms in total. The lowest BCUT2D eigenvalue weighted by molar-refractivity contribution is -0.176. The summed E-state index contributed by atoms with van der Waals surface area (Å²) in [5.74, 6) is -0.705. The molecule has 1 rings (SSSR count). The van der Waals surface area contributed by atoms with Gasteiger partial charge in [-0.2, -0.15) is 0 Å². The van der Waals surface area contributed by atoms with E-state index in [1.807, 2.05) is 27.7 Å². The van der Waals surface area contributed by atoms with Crippen LogP contribution in [-0.2, 0) is 14.3 Å². The summed E-state index contributed by atoms with van der Waals surface area (Å²) in [6.45, 7) is 7.83. The Kier molecular flexibility index (Phi) is 2.46. The molecule has 13 heavy (non-hydrogen) atoms. The van der Waals surface area contributed by atoms with E-state index >= 15 is 0 Å². The van der Waals surface area contributed by atoms with E-state index in [0.29, 0.717) is 6.42 Å². The number of esters is 2. The highest BCUT2D eigenvalue weighted by atomic mass is 16.6. The number of carbonyl (C=O) groups is 2. The summed E-state index contributed by atoms with van der Waals surface area (Å²) < 4.78 is 4.62. The SMILES string of the molecule is CC(C)C1C(=O)OC(=O)CC1(C)C. The zero-order valence-corrected chi connectivity index (χ0v) is 8.59. The first kappa shape index (κ1) is 10.2. The van der Waals surface area contributed by atoms with Crippen LogP contribution in [0.25, 0.3) is 0 Å². The minimum Gasteiger partial charge on any atom is -0.393 e. The molecule has 0 radical (unpaired) electrons. The Morgan fingerprint density at radius 1 is 1.38 bits per heavy atom. The second kappa shape index (κ2) is 3.13. The van der Waals surface area contributed by atoms with Gasteiger partial charge in [-0.15, -0.1) is 0 Å². The van der Waals surface area contributed by atoms with Crippen molar-refractivity contribution < 1.29 is 14.3 Å². The van der Waals surface area contributed by atoms with Crippen molar-refractivity contribution >= 4 is 11.9 Å². The lowest BCUT2D eigenvalue weighted by Gasteiger charge is -2.37. The zero-order valence-electron chi connectivity index (χ0n) is 8.59. The summed E-state index contributed by atoms with van der Waals surface area (Å²) in [6, 6.07) is 0. The maximum absolute atomic E-state index is 11.4. The Morgan fingerprint density at radius 3 is 2.31 bits per heavy atom. The van der Waals surface area contributed by atoms with E-state index in [-0.39, 0.29) is 23.2 Å². The van der Waals surface area contributed by atoms with E-state index in [2.05, 4.69) is 4.74 Å². The first-order valence-corrected chi connectivity index (χ1v) is 4.59. The summed E-state index contributed by atoms with van der Waals surface area (Å²) in [5, 5.41) is 0. The summed E-state index contributed by atoms with van der Waals surface area (Å²) in [5.41, 5.74) is -0.263. The highest BCUT2D eigenvalue weighted by molar-refractivity contribution is 5.90. The Morgan fingerprint density at radius 2 is 1.92 bits per heavy atom. The van der Waals surface area contributed by atoms with Crippen LogP contribution < -0.4 is 0 Å². The molecule has 0 bridgehead atoms. The van der Waals surface area contributed by atoms with Crippen LogP contribution in [0.3, 0.4) is 0 Å². The first-order valence-electron chi connectivity index (χ1n) is 4.59. The van der Waals surface area contributed by atoms with Crippen LogP contribution in [0.15, 0.2) is 0 Å². The zero-order chi connectivity index (χ0) is 10.2. The van der Waals surface area contributed by atoms with Gasteiger partial charge in [0.25, 0.3) is 0 Å². The third kappa shape index (κ3) is 1.90. The van der Waals surface area contributed by atoms with Gasteiger partial charge >= 0.3 is 11.9 Å². The van der Waals surface area contributed by atoms with E-state index in [9.17, 15) is 9.59 Å². The van der Waals surface area contributed by atoms with Gasteiger partial charge in [-0.3, -0.25) is 9.59 Å². The van der Waals surface area contributed by atoms with Crippen LogP contribution in [-0.4, -0.2) is 11.9 Å². The molecule has 0 aromatic carbocycles. The summed E-state index contributed by atoms with van der Waals surface area (Å²) >= 11 is 0. The van der Waals surface area contributed by atoms with Crippen LogP contribution in [0, 0.1) is 17.3 Å². The van der Waals surface area contributed by atoms with E-state index in [0.717, 1.165) is 0 Å². The van der Waals surface area contributed by atoms with Crippen molar-refractivity contribution in [2.45, 2.75) is 34.1 Å². The molecule has 1 fully saturated rings. The number of hydrogen-bond acceptors (Lipinski definition) is 3. The van der Waals surface area contributed by atoms with Gasteiger partial charge in [0.1, 0.15) is 0 Å². The van der Waals surface area contributed by atoms with Crippen molar-refractivity contribution in [2.75, 3.05) is 0 Å². The Hall–Kier alpha value is -0.860. The van der Waals surface area contributed by atoms with Crippen LogP contribution in [0.1, 0.15) is 34.1 Å². The summed E-state index contributed by atoms with van der Waals surface area (Å²) in [6.07, 6.45) is 0.335. The molecule has 0 N–H and O–H groups in total. The highest BCUT2D eigenvalue weighted by Gasteiger charge is 2.45. The van der Waals surface area contributed by atoms with E-state index < -0.39 is 5.97 Å². The molecule has 0 amide bonds. The van der Waals surface area contributed by atoms with Gasteiger partial charge in [0.05, 0.1) is 12.3 Å². The van der Waals surface area contributed by atoms with Crippen LogP contribution in [0.5, 0.6) is 0 Å². The Balaban J connectivity index is 2.92. The van der Waals surface area contributed by atoms with Crippen molar-refractivity contribution in [3.8, 4) is 0 Å². The van der Waals surface area contributed by atoms with E-state index in [4.69, 9.17) is 0 Å². The largest absolute Gasteiger partial charge is 0.393 e. The number of carbonyl (C=O) groups excluding carboxylic acids is 2. The quantitative estimate of drug-likeness (QED) is 0.460. The Bertz CT molecular complexity index is 241. The minimum absolute atomic E-state index is 0.162. The Labute approximate surface area is 78.5 Å². The van der Waals surface area contributed by atoms with Gasteiger partial charge in [-0.1, -0.05) is 27.7 Å². The molecule has 0 aromatic rings. The molecule has 3 heteroatoms. The lowest BCUT2D eigenvalue weighted by Crippen LogP contribution is -2.43. The number of hydrogen-bond donors (Lipinski definition) is 0. The van der Waals surface area contributed by atoms with Gasteiger partial charge < -0.3 is 4.74 Å². The van der Waals surface area contributed by atoms with Gasteiger partial charge in [0.15, 0.2) is 0 Å². The third-order valence-corrected chi connectivity index (χ3v) is 2.58. The van der Waals surface area contributed by atoms with Gasteiger partial charge in [-0.05, 0) is 11.3 Å². The molecule has 1 aliphatic heterocycles. The fraction of sp³-hybridized carbons (Fsp3) is 0.800. The number of cyclic esters (lactones) is 2. The molecule has 0 spiro atoms. The van der Waals surface area contributed by atoms with Crippen molar-refractivity contribution in [3.05, 3.63) is 0 Å². The molecular formula is C10H16O3. The first-order chi connectivity index (χ1) is 5.84. The standard InChI is InChI=1S/C10H16O3/c1-6(2)8-9(12)13-7(11)5-10(8,3)4/h6,8H,5H2,1-4H3. The predicted octanol–water partition coefficient (Wildman–Crippen LogP) is 1.76. The smallest absolute Gasteiger partial charge is 0.317 e. The second-order valence-corrected chi connectivity index (χ2v) is 4.68. The monoisotopic (exact) mass is 184 g/mol. The van der Waals surface area contributed by atoms with Crippen LogP contribution in [0.2, 0.25) is 0 Å². The molecule has 1 atom stereocenters. The maximum atomic E-state index is 11.4. The minimum atomic E-state index is -0.396. The van der Waals surface area contributed by atoms with Crippen LogP contribution in [0.4, 0.5) is 0 Å². The maximum Gasteiger partial charge on any atom is 0.317 e. The van der Waals surface area contributed by atoms with Crippen molar-refractivity contribution in [1.29, 1.82) is 0 Å². The summed E-state index contributed by atoms with van der Waals surface area (Å²) in [7, 11) is 0. The molecule has 0 aliphatic carbocycles. The van der Waals surface area contributed by atoms with E-state index in [1.54, 1.807) is 0 Å². The average molecular weight is 184 g/mol. The molecular weight excluding hydrogens is 168 g/mol. The van der Waals surface area contributed by atoms with E-state index in [1.165, 1.54) is 0 Å². The molecule has 1 heterocycles. The normalized spacial score (nSPS) is 27.6. The lowest BCUT2D eigenvalue weighted by atomic mass is 9.70. The average Bonchev–Trinajstić information content (AvgIpc) is 1.78. The van der Waals surface area contributed by atoms with Crippen molar-refractivity contribution in [2.24, 2.45) is 17.3 Å². The molecule has 0 saturated carbocycles. The summed E-state index contributed by atoms with van der Waals surface area (Å²) in [4.78, 5) is 22.4. The fourth-order valence-corrected chi connectivity index (χ4v) is 2.19. The highest BCUT2D eigenvalue weighted by Crippen LogP contribution is 2.40. The molecule has 1 aliphatic rings. The second-order valence-electron chi connectivity index (χ2n) is 4.68. The van der Waals surface area contributed by atoms with Gasteiger partial charge in [0.2, 0.25) is 0 Å². The number of ether oxygens (including phenoxy) is 1. The van der Waals surface area contributed by atoms with Gasteiger partial charge in [-0.25, -0.2) is 0 Å². The van der Waals surface area contributed by atoms with Gasteiger partial charge in [0, 0.05) is 0 Å². The molecule has 74 valence electrons. The van der Waals surface area contributed by atoms with Crippen molar-refractivity contribution in [3.63, 3.8) is 0 Å². The third-order valence-electron chi connectivity index (χ3n) is 2.58. The molecule has 1 unspecified atom stereocenters. The topological polar surface area (TPSA) is 43.4 Å². The molecule has 0 aromatic heterocycles. The van der Waals surface area contributed by atoms with Crippen LogP contribution >= 0.6 is 0 Å².